The van der Waals surface area contributed by atoms with Crippen molar-refractivity contribution in [1.82, 2.24) is 5.32 Å². The van der Waals surface area contributed by atoms with Crippen LogP contribution in [0.5, 0.6) is 0 Å². The molecule has 1 amide bonds. The van der Waals surface area contributed by atoms with Crippen LogP contribution in [0.25, 0.3) is 0 Å². The highest BCUT2D eigenvalue weighted by atomic mass is 16.4. The molecule has 0 aromatic carbocycles. The summed E-state index contributed by atoms with van der Waals surface area (Å²) in [5.41, 5.74) is 0. The number of amides is 1. The average Bonchev–Trinajstić information content (AvgIpc) is 2.05. The molecule has 1 radical (unpaired) electrons. The van der Waals surface area contributed by atoms with E-state index in [-0.39, 0.29) is 0 Å². The van der Waals surface area contributed by atoms with Crippen molar-refractivity contribution in [2.45, 2.75) is 38.5 Å². The third kappa shape index (κ3) is 3.60. The van der Waals surface area contributed by atoms with Gasteiger partial charge in [-0.2, -0.15) is 0 Å². The molecule has 3 heteroatoms. The van der Waals surface area contributed by atoms with E-state index >= 15 is 0 Å². The minimum absolute atomic E-state index is 0.562. The Morgan fingerprint density at radius 3 is 2.50 bits per heavy atom. The Labute approximate surface area is 73.2 Å². The van der Waals surface area contributed by atoms with Crippen LogP contribution >= 0.6 is 0 Å². The van der Waals surface area contributed by atoms with E-state index in [1.165, 1.54) is 32.1 Å². The molecule has 0 aromatic heterocycles. The summed E-state index contributed by atoms with van der Waals surface area (Å²) in [7, 11) is 0. The maximum Gasteiger partial charge on any atom is 0.450 e. The lowest BCUT2D eigenvalue weighted by Gasteiger charge is -2.20. The molecule has 1 aliphatic carbocycles. The summed E-state index contributed by atoms with van der Waals surface area (Å²) in [4.78, 5) is 10.0. The van der Waals surface area contributed by atoms with E-state index in [0.29, 0.717) is 6.54 Å². The molecular formula is C9H16NO2. The van der Waals surface area contributed by atoms with Gasteiger partial charge in [0.15, 0.2) is 0 Å². The van der Waals surface area contributed by atoms with E-state index in [9.17, 15) is 9.90 Å². The Kier molecular flexibility index (Phi) is 3.91. The van der Waals surface area contributed by atoms with Crippen molar-refractivity contribution in [3.63, 3.8) is 0 Å². The summed E-state index contributed by atoms with van der Waals surface area (Å²) >= 11 is 0. The fourth-order valence-corrected chi connectivity index (χ4v) is 1.85. The highest BCUT2D eigenvalue weighted by Gasteiger charge is 2.12. The van der Waals surface area contributed by atoms with Crippen LogP contribution in [-0.4, -0.2) is 12.6 Å². The molecule has 0 aromatic rings. The minimum atomic E-state index is -1.15. The summed E-state index contributed by atoms with van der Waals surface area (Å²) in [6.45, 7) is 0.562. The largest absolute Gasteiger partial charge is 0.450 e. The van der Waals surface area contributed by atoms with Gasteiger partial charge in [-0.15, -0.1) is 0 Å². The lowest BCUT2D eigenvalue weighted by atomic mass is 9.87. The number of carbonyl (C=O) groups excluding carboxylic acids is 1. The molecule has 1 rings (SSSR count). The Bertz CT molecular complexity index is 141. The zero-order chi connectivity index (χ0) is 8.81. The molecule has 0 aliphatic heterocycles. The van der Waals surface area contributed by atoms with E-state index in [4.69, 9.17) is 0 Å². The van der Waals surface area contributed by atoms with Crippen molar-refractivity contribution in [2.24, 2.45) is 5.92 Å². The number of hydrogen-bond donors (Lipinski definition) is 1. The van der Waals surface area contributed by atoms with Gasteiger partial charge in [0, 0.05) is 6.54 Å². The first-order chi connectivity index (χ1) is 5.79. The van der Waals surface area contributed by atoms with Crippen molar-refractivity contribution in [1.29, 1.82) is 0 Å². The number of rotatable bonds is 3. The van der Waals surface area contributed by atoms with Gasteiger partial charge in [-0.05, 0) is 12.3 Å². The molecule has 12 heavy (non-hydrogen) atoms. The van der Waals surface area contributed by atoms with Crippen molar-refractivity contribution in [3.05, 3.63) is 0 Å². The third-order valence-electron chi connectivity index (χ3n) is 2.55. The topological polar surface area (TPSA) is 49.0 Å². The van der Waals surface area contributed by atoms with Gasteiger partial charge < -0.3 is 5.32 Å². The summed E-state index contributed by atoms with van der Waals surface area (Å²) in [5.74, 6) is 0.741. The van der Waals surface area contributed by atoms with Crippen LogP contribution in [0.2, 0.25) is 0 Å². The van der Waals surface area contributed by atoms with E-state index in [1.807, 2.05) is 0 Å². The van der Waals surface area contributed by atoms with Gasteiger partial charge >= 0.3 is 6.09 Å². The summed E-state index contributed by atoms with van der Waals surface area (Å²) in [6, 6.07) is 0. The zero-order valence-electron chi connectivity index (χ0n) is 7.34. The molecule has 1 saturated carbocycles. The SMILES string of the molecule is [O]C(=O)NCCC1CCCCC1. The fourth-order valence-electron chi connectivity index (χ4n) is 1.85. The standard InChI is InChI=1S/C9H16NO2/c11-9(12)10-7-6-8-4-2-1-3-5-8/h8,10H,1-7H2. The molecule has 0 bridgehead atoms. The van der Waals surface area contributed by atoms with Gasteiger partial charge in [0.25, 0.3) is 0 Å². The monoisotopic (exact) mass is 170 g/mol. The first kappa shape index (κ1) is 9.36. The van der Waals surface area contributed by atoms with Crippen LogP contribution < -0.4 is 5.32 Å². The van der Waals surface area contributed by atoms with Crippen LogP contribution in [0.15, 0.2) is 0 Å². The molecule has 0 unspecified atom stereocenters. The van der Waals surface area contributed by atoms with Gasteiger partial charge in [-0.3, -0.25) is 0 Å². The maximum absolute atomic E-state index is 10.0. The number of carbonyl (C=O) groups is 1. The molecule has 1 aliphatic rings. The lowest BCUT2D eigenvalue weighted by Crippen LogP contribution is -2.23. The summed E-state index contributed by atoms with van der Waals surface area (Å²) in [6.07, 6.45) is 6.36. The molecule has 1 N–H and O–H groups in total. The molecule has 0 atom stereocenters. The maximum atomic E-state index is 10.0. The Morgan fingerprint density at radius 1 is 1.25 bits per heavy atom. The van der Waals surface area contributed by atoms with E-state index in [0.717, 1.165) is 12.3 Å². The smallest absolute Gasteiger partial charge is 0.318 e. The molecule has 1 fully saturated rings. The molecule has 0 spiro atoms. The predicted octanol–water partition coefficient (Wildman–Crippen LogP) is 2.10. The number of nitrogens with one attached hydrogen (secondary N) is 1. The Hall–Kier alpha value is -0.730. The fraction of sp³-hybridized carbons (Fsp3) is 0.889. The zero-order valence-corrected chi connectivity index (χ0v) is 7.34. The molecule has 0 saturated heterocycles. The van der Waals surface area contributed by atoms with Crippen LogP contribution in [0.3, 0.4) is 0 Å². The van der Waals surface area contributed by atoms with Gasteiger partial charge in [-0.1, -0.05) is 32.1 Å². The van der Waals surface area contributed by atoms with Crippen LogP contribution in [-0.2, 0) is 5.11 Å². The molecule has 3 nitrogen and oxygen atoms in total. The van der Waals surface area contributed by atoms with E-state index in [1.54, 1.807) is 0 Å². The third-order valence-corrected chi connectivity index (χ3v) is 2.55. The highest BCUT2D eigenvalue weighted by molar-refractivity contribution is 5.63. The van der Waals surface area contributed by atoms with Crippen molar-refractivity contribution >= 4 is 6.09 Å². The highest BCUT2D eigenvalue weighted by Crippen LogP contribution is 2.25. The van der Waals surface area contributed by atoms with Crippen molar-refractivity contribution in [3.8, 4) is 0 Å². The summed E-state index contributed by atoms with van der Waals surface area (Å²) in [5, 5.41) is 12.3. The van der Waals surface area contributed by atoms with Gasteiger partial charge in [0.1, 0.15) is 0 Å². The average molecular weight is 170 g/mol. The Balaban J connectivity index is 2.01. The van der Waals surface area contributed by atoms with Gasteiger partial charge in [-0.25, -0.2) is 9.90 Å². The van der Waals surface area contributed by atoms with Crippen molar-refractivity contribution in [2.75, 3.05) is 6.54 Å². The van der Waals surface area contributed by atoms with E-state index < -0.39 is 6.09 Å². The quantitative estimate of drug-likeness (QED) is 0.692. The van der Waals surface area contributed by atoms with Gasteiger partial charge in [0.2, 0.25) is 0 Å². The van der Waals surface area contributed by atoms with Crippen LogP contribution in [0.4, 0.5) is 4.79 Å². The summed E-state index contributed by atoms with van der Waals surface area (Å²) < 4.78 is 0. The second-order valence-corrected chi connectivity index (χ2v) is 3.51. The van der Waals surface area contributed by atoms with Gasteiger partial charge in [0.05, 0.1) is 0 Å². The minimum Gasteiger partial charge on any atom is -0.318 e. The molecule has 0 heterocycles. The second-order valence-electron chi connectivity index (χ2n) is 3.51. The van der Waals surface area contributed by atoms with Crippen LogP contribution in [0, 0.1) is 5.92 Å². The normalized spacial score (nSPS) is 19.0. The first-order valence-corrected chi connectivity index (χ1v) is 4.74. The van der Waals surface area contributed by atoms with Crippen molar-refractivity contribution < 1.29 is 9.90 Å². The second kappa shape index (κ2) is 5.01. The van der Waals surface area contributed by atoms with E-state index in [2.05, 4.69) is 5.32 Å². The first-order valence-electron chi connectivity index (χ1n) is 4.74. The van der Waals surface area contributed by atoms with Crippen LogP contribution in [0.1, 0.15) is 38.5 Å². The Morgan fingerprint density at radius 2 is 1.92 bits per heavy atom. The lowest BCUT2D eigenvalue weighted by molar-refractivity contribution is 0.167. The molecular weight excluding hydrogens is 154 g/mol. The molecule has 69 valence electrons. The number of hydrogen-bond acceptors (Lipinski definition) is 1. The predicted molar refractivity (Wildman–Crippen MR) is 45.3 cm³/mol.